The van der Waals surface area contributed by atoms with Crippen LogP contribution in [0.5, 0.6) is 11.5 Å². The van der Waals surface area contributed by atoms with Crippen molar-refractivity contribution in [2.24, 2.45) is 5.10 Å². The maximum absolute atomic E-state index is 13.1. The van der Waals surface area contributed by atoms with Gasteiger partial charge < -0.3 is 9.84 Å². The van der Waals surface area contributed by atoms with Crippen LogP contribution >= 0.6 is 11.6 Å². The molecule has 3 aromatic rings. The second-order valence-electron chi connectivity index (χ2n) is 6.63. The molecule has 0 saturated heterocycles. The zero-order chi connectivity index (χ0) is 22.8. The molecule has 0 aliphatic carbocycles. The van der Waals surface area contributed by atoms with Gasteiger partial charge >= 0.3 is 0 Å². The van der Waals surface area contributed by atoms with E-state index in [1.165, 1.54) is 31.4 Å². The van der Waals surface area contributed by atoms with Crippen molar-refractivity contribution < 1.29 is 23.1 Å². The number of nitrogens with zero attached hydrogens (tertiary/aromatic N) is 2. The van der Waals surface area contributed by atoms with Crippen molar-refractivity contribution in [3.05, 3.63) is 65.2 Å². The molecule has 0 saturated carbocycles. The predicted octanol–water partition coefficient (Wildman–Crippen LogP) is 3.45. The summed E-state index contributed by atoms with van der Waals surface area (Å²) < 4.78 is 31.8. The summed E-state index contributed by atoms with van der Waals surface area (Å²) in [5.74, 6) is -0.726. The number of nitrogens with one attached hydrogen (secondary N) is 1. The second kappa shape index (κ2) is 8.83. The normalized spacial score (nSPS) is 12.2. The van der Waals surface area contributed by atoms with Crippen LogP contribution in [0.15, 0.2) is 59.7 Å². The first-order chi connectivity index (χ1) is 14.7. The van der Waals surface area contributed by atoms with Crippen molar-refractivity contribution in [1.29, 1.82) is 0 Å². The minimum atomic E-state index is -4.05. The number of benzene rings is 3. The number of hydrazone groups is 1. The van der Waals surface area contributed by atoms with Gasteiger partial charge in [-0.1, -0.05) is 41.9 Å². The number of phenols is 1. The first-order valence-corrected chi connectivity index (χ1v) is 11.2. The number of carbonyl (C=O) groups is 1. The summed E-state index contributed by atoms with van der Waals surface area (Å²) in [4.78, 5) is 13.1. The quantitative estimate of drug-likeness (QED) is 0.414. The number of hydrogen-bond donors (Lipinski definition) is 2. The zero-order valence-electron chi connectivity index (χ0n) is 16.7. The Morgan fingerprint density at radius 3 is 2.55 bits per heavy atom. The molecule has 31 heavy (non-hydrogen) atoms. The number of aromatic hydroxyl groups is 1. The van der Waals surface area contributed by atoms with E-state index < -0.39 is 22.0 Å². The molecule has 162 valence electrons. The van der Waals surface area contributed by atoms with Gasteiger partial charge in [0.25, 0.3) is 5.91 Å². The van der Waals surface area contributed by atoms with Crippen LogP contribution in [0, 0.1) is 0 Å². The van der Waals surface area contributed by atoms with Gasteiger partial charge in [-0.05, 0) is 35.0 Å². The van der Waals surface area contributed by atoms with Crippen LogP contribution in [0.1, 0.15) is 11.6 Å². The summed E-state index contributed by atoms with van der Waals surface area (Å²) in [5, 5.41) is 15.5. The van der Waals surface area contributed by atoms with Crippen LogP contribution in [0.3, 0.4) is 0 Å². The Morgan fingerprint density at radius 2 is 1.94 bits per heavy atom. The highest BCUT2D eigenvalue weighted by molar-refractivity contribution is 7.92. The molecule has 0 radical (unpaired) electrons. The Morgan fingerprint density at radius 1 is 1.23 bits per heavy atom. The SMILES string of the molecule is C=NNC(=O)C(c1c(O)ccc2ccccc12)N(c1ccc(OC)c(Cl)c1)S(C)(=O)=O. The van der Waals surface area contributed by atoms with Crippen LogP contribution in [0.4, 0.5) is 5.69 Å². The molecule has 2 N–H and O–H groups in total. The number of amides is 1. The summed E-state index contributed by atoms with van der Waals surface area (Å²) in [5.41, 5.74) is 2.39. The van der Waals surface area contributed by atoms with Crippen molar-refractivity contribution >= 4 is 50.7 Å². The highest BCUT2D eigenvalue weighted by atomic mass is 35.5. The fourth-order valence-electron chi connectivity index (χ4n) is 3.39. The summed E-state index contributed by atoms with van der Waals surface area (Å²) >= 11 is 6.22. The van der Waals surface area contributed by atoms with E-state index in [0.717, 1.165) is 10.6 Å². The Labute approximate surface area is 184 Å². The van der Waals surface area contributed by atoms with Crippen molar-refractivity contribution in [3.8, 4) is 11.5 Å². The average molecular weight is 462 g/mol. The Hall–Kier alpha value is -3.30. The van der Waals surface area contributed by atoms with Gasteiger partial charge in [0.2, 0.25) is 10.0 Å². The number of hydrogen-bond acceptors (Lipinski definition) is 6. The third-order valence-electron chi connectivity index (χ3n) is 4.64. The van der Waals surface area contributed by atoms with Gasteiger partial charge in [-0.15, -0.1) is 0 Å². The number of anilines is 1. The number of sulfonamides is 1. The monoisotopic (exact) mass is 461 g/mol. The van der Waals surface area contributed by atoms with E-state index in [2.05, 4.69) is 17.2 Å². The smallest absolute Gasteiger partial charge is 0.268 e. The Balaban J connectivity index is 2.36. The molecule has 1 atom stereocenters. The first kappa shape index (κ1) is 22.4. The fraction of sp³-hybridized carbons (Fsp3) is 0.143. The van der Waals surface area contributed by atoms with E-state index in [1.807, 2.05) is 0 Å². The highest BCUT2D eigenvalue weighted by Gasteiger charge is 2.37. The van der Waals surface area contributed by atoms with Gasteiger partial charge in [0.15, 0.2) is 6.04 Å². The van der Waals surface area contributed by atoms with Crippen molar-refractivity contribution in [1.82, 2.24) is 5.43 Å². The lowest BCUT2D eigenvalue weighted by Gasteiger charge is -2.31. The Kier molecular flexibility index (Phi) is 6.37. The maximum Gasteiger partial charge on any atom is 0.268 e. The van der Waals surface area contributed by atoms with Gasteiger partial charge in [-0.3, -0.25) is 9.10 Å². The molecule has 0 bridgehead atoms. The fourth-order valence-corrected chi connectivity index (χ4v) is 4.72. The molecule has 0 spiro atoms. The standard InChI is InChI=1S/C21H20ClN3O5S/c1-23-24-21(27)20(19-15-7-5-4-6-13(15)8-10-17(19)26)25(31(3,28)29)14-9-11-18(30-2)16(22)12-14/h4-12,20,26H,1H2,2-3H3,(H,24,27). The van der Waals surface area contributed by atoms with E-state index in [9.17, 15) is 18.3 Å². The third-order valence-corrected chi connectivity index (χ3v) is 6.07. The number of phenolic OH excluding ortho intramolecular Hbond substituents is 1. The number of ether oxygens (including phenoxy) is 1. The second-order valence-corrected chi connectivity index (χ2v) is 8.90. The lowest BCUT2D eigenvalue weighted by Crippen LogP contribution is -2.42. The van der Waals surface area contributed by atoms with E-state index in [-0.39, 0.29) is 22.0 Å². The van der Waals surface area contributed by atoms with Crippen molar-refractivity contribution in [2.45, 2.75) is 6.04 Å². The van der Waals surface area contributed by atoms with Crippen LogP contribution in [0.2, 0.25) is 5.02 Å². The Bertz CT molecular complexity index is 1260. The van der Waals surface area contributed by atoms with Gasteiger partial charge in [0.05, 0.1) is 24.1 Å². The molecule has 1 amide bonds. The molecule has 8 nitrogen and oxygen atoms in total. The van der Waals surface area contributed by atoms with Gasteiger partial charge in [-0.2, -0.15) is 5.10 Å². The molecule has 0 aromatic heterocycles. The molecule has 0 fully saturated rings. The molecule has 0 heterocycles. The van der Waals surface area contributed by atoms with E-state index >= 15 is 0 Å². The molecule has 3 aromatic carbocycles. The van der Waals surface area contributed by atoms with Gasteiger partial charge in [0.1, 0.15) is 11.5 Å². The molecule has 1 unspecified atom stereocenters. The number of methoxy groups -OCH3 is 1. The number of halogens is 1. The molecule has 10 heteroatoms. The maximum atomic E-state index is 13.1. The topological polar surface area (TPSA) is 108 Å². The minimum Gasteiger partial charge on any atom is -0.508 e. The number of rotatable bonds is 7. The third kappa shape index (κ3) is 4.42. The minimum absolute atomic E-state index is 0.0941. The molecule has 3 rings (SSSR count). The largest absolute Gasteiger partial charge is 0.508 e. The summed E-state index contributed by atoms with van der Waals surface area (Å²) in [6.45, 7) is 3.24. The molecular weight excluding hydrogens is 442 g/mol. The van der Waals surface area contributed by atoms with Gasteiger partial charge in [0, 0.05) is 12.3 Å². The van der Waals surface area contributed by atoms with Crippen LogP contribution in [-0.2, 0) is 14.8 Å². The first-order valence-electron chi connectivity index (χ1n) is 8.98. The van der Waals surface area contributed by atoms with Crippen molar-refractivity contribution in [3.63, 3.8) is 0 Å². The molecular formula is C21H20ClN3O5S. The van der Waals surface area contributed by atoms with E-state index in [1.54, 1.807) is 30.3 Å². The lowest BCUT2D eigenvalue weighted by atomic mass is 9.96. The number of carbonyl (C=O) groups excluding carboxylic acids is 1. The van der Waals surface area contributed by atoms with Crippen LogP contribution in [-0.4, -0.2) is 39.5 Å². The summed E-state index contributed by atoms with van der Waals surface area (Å²) in [6, 6.07) is 12.9. The molecule has 0 aliphatic heterocycles. The highest BCUT2D eigenvalue weighted by Crippen LogP contribution is 2.40. The van der Waals surface area contributed by atoms with Gasteiger partial charge in [-0.25, -0.2) is 13.8 Å². The lowest BCUT2D eigenvalue weighted by molar-refractivity contribution is -0.122. The number of fused-ring (bicyclic) bond motifs is 1. The van der Waals surface area contributed by atoms with Crippen molar-refractivity contribution in [2.75, 3.05) is 17.7 Å². The summed E-state index contributed by atoms with van der Waals surface area (Å²) in [6.07, 6.45) is 0.953. The zero-order valence-corrected chi connectivity index (χ0v) is 18.3. The van der Waals surface area contributed by atoms with Crippen LogP contribution < -0.4 is 14.5 Å². The van der Waals surface area contributed by atoms with Crippen LogP contribution in [0.25, 0.3) is 10.8 Å². The predicted molar refractivity (Wildman–Crippen MR) is 121 cm³/mol. The van der Waals surface area contributed by atoms with E-state index in [4.69, 9.17) is 16.3 Å². The summed E-state index contributed by atoms with van der Waals surface area (Å²) in [7, 11) is -2.62. The average Bonchev–Trinajstić information content (AvgIpc) is 2.71. The van der Waals surface area contributed by atoms with E-state index in [0.29, 0.717) is 16.5 Å². The molecule has 0 aliphatic rings.